The Balaban J connectivity index is 1.63. The van der Waals surface area contributed by atoms with Crippen molar-refractivity contribution in [1.82, 2.24) is 10.3 Å². The van der Waals surface area contributed by atoms with Crippen LogP contribution in [-0.2, 0) is 0 Å². The number of anilines is 1. The van der Waals surface area contributed by atoms with Gasteiger partial charge in [0.05, 0.1) is 14.2 Å². The fourth-order valence-corrected chi connectivity index (χ4v) is 4.07. The molecule has 0 fully saturated rings. The fraction of sp³-hybridized carbons (Fsp3) is 0.222. The molecule has 0 spiro atoms. The monoisotopic (exact) mass is 443 g/mol. The summed E-state index contributed by atoms with van der Waals surface area (Å²) in [5.74, 6) is 0.941. The van der Waals surface area contributed by atoms with E-state index >= 15 is 0 Å². The number of aromatic nitrogens is 1. The number of benzene rings is 3. The van der Waals surface area contributed by atoms with Crippen LogP contribution in [0, 0.1) is 0 Å². The van der Waals surface area contributed by atoms with E-state index < -0.39 is 0 Å². The Morgan fingerprint density at radius 1 is 0.970 bits per heavy atom. The molecule has 1 heterocycles. The zero-order valence-corrected chi connectivity index (χ0v) is 19.4. The molecule has 1 amide bonds. The zero-order valence-electron chi connectivity index (χ0n) is 19.4. The van der Waals surface area contributed by atoms with Gasteiger partial charge in [0.1, 0.15) is 0 Å². The highest BCUT2D eigenvalue weighted by atomic mass is 16.5. The first-order valence-corrected chi connectivity index (χ1v) is 10.9. The highest BCUT2D eigenvalue weighted by molar-refractivity contribution is 5.95. The lowest BCUT2D eigenvalue weighted by molar-refractivity contribution is 0.0952. The summed E-state index contributed by atoms with van der Waals surface area (Å²) in [7, 11) is 7.18. The van der Waals surface area contributed by atoms with E-state index in [4.69, 9.17) is 9.47 Å². The van der Waals surface area contributed by atoms with E-state index in [1.165, 1.54) is 0 Å². The van der Waals surface area contributed by atoms with Gasteiger partial charge in [-0.2, -0.15) is 0 Å². The normalized spacial score (nSPS) is 11.8. The molecule has 0 radical (unpaired) electrons. The second-order valence-electron chi connectivity index (χ2n) is 8.11. The summed E-state index contributed by atoms with van der Waals surface area (Å²) in [6, 6.07) is 21.9. The maximum absolute atomic E-state index is 13.0. The number of para-hydroxylation sites is 1. The second kappa shape index (κ2) is 9.69. The maximum Gasteiger partial charge on any atom is 0.251 e. The van der Waals surface area contributed by atoms with Gasteiger partial charge in [0, 0.05) is 54.9 Å². The number of carbonyl (C=O) groups is 1. The van der Waals surface area contributed by atoms with Crippen molar-refractivity contribution in [1.29, 1.82) is 0 Å². The number of fused-ring (bicyclic) bond motifs is 1. The van der Waals surface area contributed by atoms with E-state index in [1.807, 2.05) is 32.4 Å². The lowest BCUT2D eigenvalue weighted by atomic mass is 9.90. The third-order valence-electron chi connectivity index (χ3n) is 5.92. The Kier molecular flexibility index (Phi) is 6.54. The first kappa shape index (κ1) is 22.3. The quantitative estimate of drug-likeness (QED) is 0.410. The van der Waals surface area contributed by atoms with Crippen LogP contribution in [0.1, 0.15) is 27.4 Å². The van der Waals surface area contributed by atoms with Crippen LogP contribution in [0.2, 0.25) is 0 Å². The van der Waals surface area contributed by atoms with Crippen LogP contribution < -0.4 is 19.7 Å². The van der Waals surface area contributed by atoms with Gasteiger partial charge in [-0.25, -0.2) is 0 Å². The standard InChI is InChI=1S/C27H29N3O3/c1-30(2)20-12-9-18(10-13-20)22(23-17-28-24-8-6-5-7-21(23)24)16-29-27(31)19-11-14-25(32-3)26(15-19)33-4/h5-15,17,22,28H,16H2,1-4H3,(H,29,31). The predicted molar refractivity (Wildman–Crippen MR) is 133 cm³/mol. The Morgan fingerprint density at radius 3 is 2.39 bits per heavy atom. The number of aromatic amines is 1. The maximum atomic E-state index is 13.0. The van der Waals surface area contributed by atoms with Crippen molar-refractivity contribution in [3.8, 4) is 11.5 Å². The number of rotatable bonds is 8. The number of nitrogens with one attached hydrogen (secondary N) is 2. The smallest absolute Gasteiger partial charge is 0.251 e. The first-order valence-electron chi connectivity index (χ1n) is 10.9. The number of H-pyrrole nitrogens is 1. The van der Waals surface area contributed by atoms with Crippen molar-refractivity contribution >= 4 is 22.5 Å². The van der Waals surface area contributed by atoms with E-state index in [0.717, 1.165) is 27.7 Å². The molecule has 0 aliphatic rings. The topological polar surface area (TPSA) is 66.6 Å². The minimum atomic E-state index is -0.161. The molecular formula is C27H29N3O3. The zero-order chi connectivity index (χ0) is 23.4. The molecule has 0 aliphatic heterocycles. The summed E-state index contributed by atoms with van der Waals surface area (Å²) in [6.45, 7) is 0.455. The minimum absolute atomic E-state index is 0.0125. The average molecular weight is 444 g/mol. The van der Waals surface area contributed by atoms with Gasteiger partial charge in [-0.3, -0.25) is 4.79 Å². The summed E-state index contributed by atoms with van der Waals surface area (Å²) in [6.07, 6.45) is 2.04. The average Bonchev–Trinajstić information content (AvgIpc) is 3.28. The molecule has 0 aliphatic carbocycles. The van der Waals surface area contributed by atoms with Gasteiger partial charge < -0.3 is 24.7 Å². The highest BCUT2D eigenvalue weighted by Crippen LogP contribution is 2.32. The van der Waals surface area contributed by atoms with E-state index in [2.05, 4.69) is 51.6 Å². The van der Waals surface area contributed by atoms with E-state index in [0.29, 0.717) is 23.6 Å². The summed E-state index contributed by atoms with van der Waals surface area (Å²) in [4.78, 5) is 18.4. The summed E-state index contributed by atoms with van der Waals surface area (Å²) in [5, 5.41) is 4.27. The Hall–Kier alpha value is -3.93. The van der Waals surface area contributed by atoms with Gasteiger partial charge >= 0.3 is 0 Å². The summed E-state index contributed by atoms with van der Waals surface area (Å²) >= 11 is 0. The van der Waals surface area contributed by atoms with Gasteiger partial charge in [0.15, 0.2) is 11.5 Å². The van der Waals surface area contributed by atoms with Crippen molar-refractivity contribution < 1.29 is 14.3 Å². The van der Waals surface area contributed by atoms with Crippen LogP contribution in [0.5, 0.6) is 11.5 Å². The van der Waals surface area contributed by atoms with Gasteiger partial charge in [-0.15, -0.1) is 0 Å². The summed E-state index contributed by atoms with van der Waals surface area (Å²) in [5.41, 5.74) is 5.02. The largest absolute Gasteiger partial charge is 0.493 e. The number of ether oxygens (including phenoxy) is 2. The van der Waals surface area contributed by atoms with Crippen molar-refractivity contribution in [3.05, 3.63) is 89.6 Å². The van der Waals surface area contributed by atoms with Crippen LogP contribution in [0.4, 0.5) is 5.69 Å². The lowest BCUT2D eigenvalue weighted by Crippen LogP contribution is -2.29. The highest BCUT2D eigenvalue weighted by Gasteiger charge is 2.20. The second-order valence-corrected chi connectivity index (χ2v) is 8.11. The number of carbonyl (C=O) groups excluding carboxylic acids is 1. The Bertz CT molecular complexity index is 1250. The van der Waals surface area contributed by atoms with Gasteiger partial charge in [-0.05, 0) is 47.5 Å². The van der Waals surface area contributed by atoms with Crippen LogP contribution in [0.3, 0.4) is 0 Å². The Labute approximate surface area is 194 Å². The molecule has 33 heavy (non-hydrogen) atoms. The van der Waals surface area contributed by atoms with Crippen molar-refractivity contribution in [2.75, 3.05) is 39.8 Å². The van der Waals surface area contributed by atoms with Gasteiger partial charge in [0.25, 0.3) is 5.91 Å². The van der Waals surface area contributed by atoms with E-state index in [1.54, 1.807) is 32.4 Å². The molecule has 3 aromatic carbocycles. The molecule has 1 aromatic heterocycles. The van der Waals surface area contributed by atoms with Crippen LogP contribution in [-0.4, -0.2) is 45.8 Å². The van der Waals surface area contributed by atoms with Crippen LogP contribution in [0.25, 0.3) is 10.9 Å². The molecule has 0 saturated carbocycles. The number of nitrogens with zero attached hydrogens (tertiary/aromatic N) is 1. The van der Waals surface area contributed by atoms with Crippen molar-refractivity contribution in [2.24, 2.45) is 0 Å². The molecule has 4 aromatic rings. The number of hydrogen-bond acceptors (Lipinski definition) is 4. The third-order valence-corrected chi connectivity index (χ3v) is 5.92. The predicted octanol–water partition coefficient (Wildman–Crippen LogP) is 4.81. The van der Waals surface area contributed by atoms with E-state index in [-0.39, 0.29) is 11.8 Å². The summed E-state index contributed by atoms with van der Waals surface area (Å²) < 4.78 is 10.6. The van der Waals surface area contributed by atoms with Crippen LogP contribution >= 0.6 is 0 Å². The molecule has 0 saturated heterocycles. The van der Waals surface area contributed by atoms with E-state index in [9.17, 15) is 4.79 Å². The number of methoxy groups -OCH3 is 2. The molecular weight excluding hydrogens is 414 g/mol. The van der Waals surface area contributed by atoms with Crippen molar-refractivity contribution in [2.45, 2.75) is 5.92 Å². The molecule has 1 unspecified atom stereocenters. The van der Waals surface area contributed by atoms with Gasteiger partial charge in [0.2, 0.25) is 0 Å². The molecule has 1 atom stereocenters. The molecule has 6 heteroatoms. The molecule has 0 bridgehead atoms. The minimum Gasteiger partial charge on any atom is -0.493 e. The molecule has 2 N–H and O–H groups in total. The molecule has 4 rings (SSSR count). The lowest BCUT2D eigenvalue weighted by Gasteiger charge is -2.20. The SMILES string of the molecule is COc1ccc(C(=O)NCC(c2ccc(N(C)C)cc2)c2c[nH]c3ccccc23)cc1OC. The third kappa shape index (κ3) is 4.65. The fourth-order valence-electron chi connectivity index (χ4n) is 4.07. The number of amides is 1. The van der Waals surface area contributed by atoms with Gasteiger partial charge in [-0.1, -0.05) is 30.3 Å². The van der Waals surface area contributed by atoms with Crippen LogP contribution in [0.15, 0.2) is 72.9 Å². The Morgan fingerprint density at radius 2 is 1.70 bits per heavy atom. The van der Waals surface area contributed by atoms with Crippen molar-refractivity contribution in [3.63, 3.8) is 0 Å². The molecule has 170 valence electrons. The number of hydrogen-bond donors (Lipinski definition) is 2. The molecule has 6 nitrogen and oxygen atoms in total. The first-order chi connectivity index (χ1) is 16.0.